The highest BCUT2D eigenvalue weighted by Crippen LogP contribution is 2.14. The molecule has 0 fully saturated rings. The molecule has 0 unspecified atom stereocenters. The summed E-state index contributed by atoms with van der Waals surface area (Å²) in [5, 5.41) is 23.9. The first-order valence-corrected chi connectivity index (χ1v) is 7.34. The number of nitrogens with one attached hydrogen (secondary N) is 2. The van der Waals surface area contributed by atoms with Gasteiger partial charge in [-0.2, -0.15) is 5.26 Å². The van der Waals surface area contributed by atoms with E-state index in [-0.39, 0.29) is 11.3 Å². The number of anilines is 1. The van der Waals surface area contributed by atoms with Crippen molar-refractivity contribution in [1.29, 1.82) is 5.26 Å². The van der Waals surface area contributed by atoms with Crippen LogP contribution in [0.4, 0.5) is 5.69 Å². The molecule has 0 spiro atoms. The first kappa shape index (κ1) is 17.1. The molecule has 0 aliphatic carbocycles. The molecule has 0 saturated carbocycles. The van der Waals surface area contributed by atoms with Crippen molar-refractivity contribution in [3.63, 3.8) is 0 Å². The van der Waals surface area contributed by atoms with Gasteiger partial charge in [0.25, 0.3) is 5.91 Å². The van der Waals surface area contributed by atoms with E-state index in [1.54, 1.807) is 12.1 Å². The number of nitriles is 1. The predicted octanol–water partition coefficient (Wildman–Crippen LogP) is 1.99. The van der Waals surface area contributed by atoms with Gasteiger partial charge in [0.05, 0.1) is 0 Å². The maximum Gasteiger partial charge on any atom is 0.267 e. The Kier molecular flexibility index (Phi) is 5.95. The first-order chi connectivity index (χ1) is 11.6. The monoisotopic (exact) mass is 322 g/mol. The number of carbonyl (C=O) groups is 1. The van der Waals surface area contributed by atoms with Gasteiger partial charge in [-0.05, 0) is 35.4 Å². The first-order valence-electron chi connectivity index (χ1n) is 7.34. The molecule has 0 bridgehead atoms. The summed E-state index contributed by atoms with van der Waals surface area (Å²) >= 11 is 0. The molecule has 0 radical (unpaired) electrons. The van der Waals surface area contributed by atoms with Gasteiger partial charge in [-0.15, -0.1) is 0 Å². The number of hydrogen-bond donors (Lipinski definition) is 4. The van der Waals surface area contributed by atoms with Crippen LogP contribution in [0.1, 0.15) is 11.1 Å². The number of phenols is 1. The fourth-order valence-corrected chi connectivity index (χ4v) is 2.03. The molecule has 2 rings (SSSR count). The van der Waals surface area contributed by atoms with E-state index in [0.717, 1.165) is 11.1 Å². The summed E-state index contributed by atoms with van der Waals surface area (Å²) in [5.41, 5.74) is 8.07. The highest BCUT2D eigenvalue weighted by atomic mass is 16.3. The van der Waals surface area contributed by atoms with Crippen LogP contribution in [0, 0.1) is 11.3 Å². The van der Waals surface area contributed by atoms with Gasteiger partial charge in [-0.25, -0.2) is 0 Å². The Bertz CT molecular complexity index is 776. The molecular formula is C18H18N4O2. The third-order valence-corrected chi connectivity index (χ3v) is 3.27. The zero-order valence-corrected chi connectivity index (χ0v) is 13.0. The van der Waals surface area contributed by atoms with Gasteiger partial charge in [0.1, 0.15) is 17.4 Å². The predicted molar refractivity (Wildman–Crippen MR) is 91.6 cm³/mol. The average molecular weight is 322 g/mol. The largest absolute Gasteiger partial charge is 0.508 e. The Morgan fingerprint density at radius 1 is 1.21 bits per heavy atom. The van der Waals surface area contributed by atoms with E-state index in [1.807, 2.05) is 30.3 Å². The van der Waals surface area contributed by atoms with E-state index >= 15 is 0 Å². The fourth-order valence-electron chi connectivity index (χ4n) is 2.03. The van der Waals surface area contributed by atoms with Gasteiger partial charge in [0, 0.05) is 25.0 Å². The molecule has 122 valence electrons. The maximum atomic E-state index is 12.1. The molecule has 5 N–H and O–H groups in total. The number of hydrogen-bond acceptors (Lipinski definition) is 5. The van der Waals surface area contributed by atoms with Crippen LogP contribution in [0.15, 0.2) is 60.3 Å². The van der Waals surface area contributed by atoms with Crippen molar-refractivity contribution in [2.24, 2.45) is 5.73 Å². The number of carbonyl (C=O) groups excluding carboxylic acids is 1. The number of phenolic OH excluding ortho intramolecular Hbond substituents is 1. The zero-order chi connectivity index (χ0) is 17.4. The molecule has 0 aliphatic rings. The third kappa shape index (κ3) is 4.87. The fraction of sp³-hybridized carbons (Fsp3) is 0.111. The summed E-state index contributed by atoms with van der Waals surface area (Å²) in [7, 11) is 0. The number of nitrogens with two attached hydrogens (primary N) is 1. The maximum absolute atomic E-state index is 12.1. The molecule has 24 heavy (non-hydrogen) atoms. The van der Waals surface area contributed by atoms with Gasteiger partial charge >= 0.3 is 0 Å². The lowest BCUT2D eigenvalue weighted by atomic mass is 10.1. The summed E-state index contributed by atoms with van der Waals surface area (Å²) in [6.45, 7) is 0.938. The molecule has 0 aliphatic heterocycles. The molecule has 1 amide bonds. The summed E-state index contributed by atoms with van der Waals surface area (Å²) in [4.78, 5) is 12.1. The lowest BCUT2D eigenvalue weighted by Gasteiger charge is -2.06. The van der Waals surface area contributed by atoms with Crippen LogP contribution in [0.25, 0.3) is 0 Å². The van der Waals surface area contributed by atoms with Crippen molar-refractivity contribution < 1.29 is 9.90 Å². The Hall–Kier alpha value is -3.30. The van der Waals surface area contributed by atoms with Crippen molar-refractivity contribution in [3.8, 4) is 11.8 Å². The standard InChI is InChI=1S/C18H18N4O2/c19-9-13-2-1-3-14(8-13)11-21-12-15(10-20)18(24)22-16-4-6-17(23)7-5-16/h1-8,12,21,23H,9,11,19H2,(H,22,24)/b15-12-. The van der Waals surface area contributed by atoms with Crippen LogP contribution in [0.5, 0.6) is 5.75 Å². The highest BCUT2D eigenvalue weighted by molar-refractivity contribution is 6.06. The molecule has 2 aromatic carbocycles. The van der Waals surface area contributed by atoms with E-state index in [2.05, 4.69) is 10.6 Å². The third-order valence-electron chi connectivity index (χ3n) is 3.27. The average Bonchev–Trinajstić information content (AvgIpc) is 2.61. The molecule has 6 heteroatoms. The number of amides is 1. The van der Waals surface area contributed by atoms with Gasteiger partial charge in [-0.3, -0.25) is 4.79 Å². The second kappa shape index (κ2) is 8.36. The number of benzene rings is 2. The lowest BCUT2D eigenvalue weighted by molar-refractivity contribution is -0.112. The molecule has 0 saturated heterocycles. The van der Waals surface area contributed by atoms with Crippen LogP contribution in [0.3, 0.4) is 0 Å². The zero-order valence-electron chi connectivity index (χ0n) is 13.0. The minimum atomic E-state index is -0.522. The Morgan fingerprint density at radius 2 is 1.92 bits per heavy atom. The minimum absolute atomic E-state index is 0.0435. The Balaban J connectivity index is 1.96. The summed E-state index contributed by atoms with van der Waals surface area (Å²) < 4.78 is 0. The van der Waals surface area contributed by atoms with Crippen molar-refractivity contribution in [3.05, 3.63) is 71.4 Å². The van der Waals surface area contributed by atoms with E-state index in [1.165, 1.54) is 18.3 Å². The topological polar surface area (TPSA) is 111 Å². The SMILES string of the molecule is N#C/C(=C/NCc1cccc(CN)c1)C(=O)Nc1ccc(O)cc1. The van der Waals surface area contributed by atoms with Crippen LogP contribution in [-0.4, -0.2) is 11.0 Å². The van der Waals surface area contributed by atoms with Gasteiger partial charge in [0.15, 0.2) is 0 Å². The number of nitrogens with zero attached hydrogens (tertiary/aromatic N) is 1. The van der Waals surface area contributed by atoms with E-state index in [4.69, 9.17) is 11.0 Å². The second-order valence-corrected chi connectivity index (χ2v) is 5.08. The van der Waals surface area contributed by atoms with Crippen LogP contribution >= 0.6 is 0 Å². The minimum Gasteiger partial charge on any atom is -0.508 e. The van der Waals surface area contributed by atoms with Gasteiger partial charge in [0.2, 0.25) is 0 Å². The van der Waals surface area contributed by atoms with Crippen LogP contribution in [0.2, 0.25) is 0 Å². The molecule has 0 atom stereocenters. The molecule has 0 aromatic heterocycles. The second-order valence-electron chi connectivity index (χ2n) is 5.08. The van der Waals surface area contributed by atoms with Crippen molar-refractivity contribution in [2.45, 2.75) is 13.1 Å². The summed E-state index contributed by atoms with van der Waals surface area (Å²) in [6, 6.07) is 15.6. The quantitative estimate of drug-likeness (QED) is 0.369. The Labute approximate surface area is 140 Å². The van der Waals surface area contributed by atoms with E-state index in [0.29, 0.717) is 18.8 Å². The van der Waals surface area contributed by atoms with E-state index in [9.17, 15) is 9.90 Å². The van der Waals surface area contributed by atoms with Gasteiger partial charge in [-0.1, -0.05) is 24.3 Å². The number of rotatable bonds is 6. The summed E-state index contributed by atoms with van der Waals surface area (Å²) in [6.07, 6.45) is 1.38. The number of aromatic hydroxyl groups is 1. The van der Waals surface area contributed by atoms with Crippen molar-refractivity contribution in [1.82, 2.24) is 5.32 Å². The van der Waals surface area contributed by atoms with Crippen molar-refractivity contribution in [2.75, 3.05) is 5.32 Å². The van der Waals surface area contributed by atoms with Crippen LogP contribution in [-0.2, 0) is 17.9 Å². The van der Waals surface area contributed by atoms with Gasteiger partial charge < -0.3 is 21.5 Å². The Morgan fingerprint density at radius 3 is 2.58 bits per heavy atom. The highest BCUT2D eigenvalue weighted by Gasteiger charge is 2.09. The van der Waals surface area contributed by atoms with Crippen LogP contribution < -0.4 is 16.4 Å². The lowest BCUT2D eigenvalue weighted by Crippen LogP contribution is -2.16. The molecule has 2 aromatic rings. The molecule has 6 nitrogen and oxygen atoms in total. The van der Waals surface area contributed by atoms with Crippen molar-refractivity contribution >= 4 is 11.6 Å². The molecule has 0 heterocycles. The normalized spacial score (nSPS) is 10.8. The molecular weight excluding hydrogens is 304 g/mol. The summed E-state index contributed by atoms with van der Waals surface area (Å²) in [5.74, 6) is -0.420. The smallest absolute Gasteiger partial charge is 0.267 e. The van der Waals surface area contributed by atoms with E-state index < -0.39 is 5.91 Å².